The molecule has 1 saturated heterocycles. The van der Waals surface area contributed by atoms with Gasteiger partial charge in [-0.3, -0.25) is 9.00 Å². The van der Waals surface area contributed by atoms with E-state index in [0.29, 0.717) is 25.4 Å². The van der Waals surface area contributed by atoms with Crippen molar-refractivity contribution in [3.63, 3.8) is 0 Å². The van der Waals surface area contributed by atoms with Crippen LogP contribution in [0.1, 0.15) is 43.9 Å². The summed E-state index contributed by atoms with van der Waals surface area (Å²) in [5.74, 6) is -1.00. The molecule has 0 unspecified atom stereocenters. The summed E-state index contributed by atoms with van der Waals surface area (Å²) >= 11 is 0. The normalized spacial score (nSPS) is 18.7. The fraction of sp³-hybridized carbons (Fsp3) is 0.588. The molecule has 0 N–H and O–H groups in total. The molecule has 0 aliphatic carbocycles. The third-order valence-corrected chi connectivity index (χ3v) is 6.15. The molecule has 23 heavy (non-hydrogen) atoms. The van der Waals surface area contributed by atoms with Crippen molar-refractivity contribution in [3.8, 4) is 0 Å². The lowest BCUT2D eigenvalue weighted by molar-refractivity contribution is -0.129. The summed E-state index contributed by atoms with van der Waals surface area (Å²) in [6, 6.07) is 3.28. The van der Waals surface area contributed by atoms with Crippen LogP contribution in [-0.2, 0) is 15.6 Å². The zero-order chi connectivity index (χ0) is 17.0. The van der Waals surface area contributed by atoms with Crippen molar-refractivity contribution in [1.29, 1.82) is 0 Å². The van der Waals surface area contributed by atoms with E-state index in [0.717, 1.165) is 25.0 Å². The summed E-state index contributed by atoms with van der Waals surface area (Å²) in [7, 11) is -1.52. The third-order valence-electron chi connectivity index (χ3n) is 4.40. The minimum Gasteiger partial charge on any atom is -0.342 e. The summed E-state index contributed by atoms with van der Waals surface area (Å²) in [4.78, 5) is 14.0. The van der Waals surface area contributed by atoms with Gasteiger partial charge in [0.25, 0.3) is 0 Å². The average Bonchev–Trinajstić information content (AvgIpc) is 2.50. The maximum Gasteiger partial charge on any atom is 0.235 e. The van der Waals surface area contributed by atoms with E-state index in [9.17, 15) is 17.8 Å². The number of amides is 1. The zero-order valence-electron chi connectivity index (χ0n) is 13.6. The van der Waals surface area contributed by atoms with Gasteiger partial charge in [0.05, 0.1) is 5.25 Å². The zero-order valence-corrected chi connectivity index (χ0v) is 14.4. The molecular weight excluding hydrogens is 320 g/mol. The smallest absolute Gasteiger partial charge is 0.235 e. The van der Waals surface area contributed by atoms with Crippen molar-refractivity contribution in [2.75, 3.05) is 18.8 Å². The van der Waals surface area contributed by atoms with E-state index < -0.39 is 27.7 Å². The number of rotatable bonds is 5. The summed E-state index contributed by atoms with van der Waals surface area (Å²) in [5.41, 5.74) is 0.215. The second kappa shape index (κ2) is 7.99. The van der Waals surface area contributed by atoms with Gasteiger partial charge in [0.15, 0.2) is 0 Å². The molecule has 0 aromatic heterocycles. The fourth-order valence-corrected chi connectivity index (χ4v) is 4.35. The van der Waals surface area contributed by atoms with Gasteiger partial charge in [-0.1, -0.05) is 19.9 Å². The largest absolute Gasteiger partial charge is 0.342 e. The molecule has 1 aliphatic rings. The van der Waals surface area contributed by atoms with Crippen LogP contribution in [-0.4, -0.2) is 33.9 Å². The van der Waals surface area contributed by atoms with E-state index in [1.807, 2.05) is 0 Å². The van der Waals surface area contributed by atoms with Crippen LogP contribution < -0.4 is 0 Å². The van der Waals surface area contributed by atoms with Gasteiger partial charge in [0.1, 0.15) is 17.4 Å². The van der Waals surface area contributed by atoms with Crippen LogP contribution in [0.2, 0.25) is 0 Å². The molecule has 0 radical (unpaired) electrons. The molecule has 6 heteroatoms. The van der Waals surface area contributed by atoms with Gasteiger partial charge < -0.3 is 4.90 Å². The summed E-state index contributed by atoms with van der Waals surface area (Å²) in [5, 5.41) is -0.594. The Morgan fingerprint density at radius 1 is 1.35 bits per heavy atom. The minimum atomic E-state index is -1.52. The van der Waals surface area contributed by atoms with E-state index in [1.54, 1.807) is 11.8 Å². The minimum absolute atomic E-state index is 0.107. The molecule has 1 amide bonds. The molecule has 128 valence electrons. The highest BCUT2D eigenvalue weighted by atomic mass is 32.2. The Morgan fingerprint density at radius 3 is 2.57 bits per heavy atom. The fourth-order valence-electron chi connectivity index (χ4n) is 2.88. The second-order valence-electron chi connectivity index (χ2n) is 6.15. The molecule has 0 saturated carbocycles. The Bertz CT molecular complexity index is 586. The van der Waals surface area contributed by atoms with Gasteiger partial charge in [-0.15, -0.1) is 0 Å². The van der Waals surface area contributed by atoms with Gasteiger partial charge in [-0.2, -0.15) is 0 Å². The van der Waals surface area contributed by atoms with Crippen LogP contribution in [0.4, 0.5) is 8.78 Å². The summed E-state index contributed by atoms with van der Waals surface area (Å²) in [6.07, 6.45) is 2.35. The molecule has 1 aromatic carbocycles. The molecule has 1 aliphatic heterocycles. The van der Waals surface area contributed by atoms with E-state index in [4.69, 9.17) is 0 Å². The quantitative estimate of drug-likeness (QED) is 0.821. The summed E-state index contributed by atoms with van der Waals surface area (Å²) in [6.45, 7) is 5.33. The van der Waals surface area contributed by atoms with Crippen LogP contribution >= 0.6 is 0 Å². The van der Waals surface area contributed by atoms with Crippen LogP contribution in [0.25, 0.3) is 0 Å². The highest BCUT2D eigenvalue weighted by Gasteiger charge is 2.26. The molecular formula is C17H23F2NO2S. The molecule has 1 fully saturated rings. The van der Waals surface area contributed by atoms with Gasteiger partial charge >= 0.3 is 0 Å². The molecule has 3 nitrogen and oxygen atoms in total. The predicted molar refractivity (Wildman–Crippen MR) is 87.4 cm³/mol. The highest BCUT2D eigenvalue weighted by molar-refractivity contribution is 7.86. The molecule has 0 bridgehead atoms. The van der Waals surface area contributed by atoms with Crippen molar-refractivity contribution in [3.05, 3.63) is 35.4 Å². The van der Waals surface area contributed by atoms with E-state index >= 15 is 0 Å². The standard InChI is InChI=1S/C17H23F2NO2S/c1-3-16(14-5-4-13(18)10-15(14)19)23(22)11-17(21)20-8-6-12(2)7-9-20/h4-5,10,12,16H,3,6-9,11H2,1-2H3/t16-,23+/m0/s1. The third kappa shape index (κ3) is 4.59. The van der Waals surface area contributed by atoms with Crippen molar-refractivity contribution in [2.24, 2.45) is 5.92 Å². The predicted octanol–water partition coefficient (Wildman–Crippen LogP) is 3.42. The number of halogens is 2. The number of carbonyl (C=O) groups excluding carboxylic acids is 1. The first-order valence-electron chi connectivity index (χ1n) is 8.02. The SMILES string of the molecule is CC[C@@H](c1ccc(F)cc1F)[S@](=O)CC(=O)N1CCC(C)CC1. The molecule has 2 atom stereocenters. The average molecular weight is 343 g/mol. The highest BCUT2D eigenvalue weighted by Crippen LogP contribution is 2.27. The van der Waals surface area contributed by atoms with Crippen LogP contribution in [0.15, 0.2) is 18.2 Å². The number of benzene rings is 1. The lowest BCUT2D eigenvalue weighted by Gasteiger charge is -2.30. The van der Waals surface area contributed by atoms with Crippen LogP contribution in [0, 0.1) is 17.6 Å². The van der Waals surface area contributed by atoms with E-state index in [1.165, 1.54) is 6.07 Å². The van der Waals surface area contributed by atoms with Gasteiger partial charge in [-0.05, 0) is 31.2 Å². The van der Waals surface area contributed by atoms with Gasteiger partial charge in [0.2, 0.25) is 5.91 Å². The van der Waals surface area contributed by atoms with Crippen molar-refractivity contribution in [1.82, 2.24) is 4.90 Å². The first kappa shape index (κ1) is 18.0. The Morgan fingerprint density at radius 2 is 2.00 bits per heavy atom. The number of hydrogen-bond acceptors (Lipinski definition) is 2. The number of likely N-dealkylation sites (tertiary alicyclic amines) is 1. The van der Waals surface area contributed by atoms with Crippen LogP contribution in [0.3, 0.4) is 0 Å². The lowest BCUT2D eigenvalue weighted by Crippen LogP contribution is -2.40. The van der Waals surface area contributed by atoms with Gasteiger partial charge in [-0.25, -0.2) is 8.78 Å². The Labute approximate surface area is 138 Å². The topological polar surface area (TPSA) is 37.4 Å². The maximum absolute atomic E-state index is 13.9. The summed E-state index contributed by atoms with van der Waals surface area (Å²) < 4.78 is 39.5. The molecule has 0 spiro atoms. The molecule has 1 aromatic rings. The number of hydrogen-bond donors (Lipinski definition) is 0. The monoisotopic (exact) mass is 343 g/mol. The van der Waals surface area contributed by atoms with Crippen molar-refractivity contribution in [2.45, 2.75) is 38.4 Å². The Hall–Kier alpha value is -1.30. The number of nitrogens with zero attached hydrogens (tertiary/aromatic N) is 1. The maximum atomic E-state index is 13.9. The molecule has 2 rings (SSSR count). The van der Waals surface area contributed by atoms with Crippen molar-refractivity contribution >= 4 is 16.7 Å². The Balaban J connectivity index is 2.03. The second-order valence-corrected chi connectivity index (χ2v) is 7.77. The first-order chi connectivity index (χ1) is 10.9. The van der Waals surface area contributed by atoms with E-state index in [2.05, 4.69) is 6.92 Å². The van der Waals surface area contributed by atoms with Gasteiger partial charge in [0, 0.05) is 35.5 Å². The molecule has 1 heterocycles. The van der Waals surface area contributed by atoms with Crippen molar-refractivity contribution < 1.29 is 17.8 Å². The van der Waals surface area contributed by atoms with E-state index in [-0.39, 0.29) is 17.2 Å². The van der Waals surface area contributed by atoms with Crippen LogP contribution in [0.5, 0.6) is 0 Å². The first-order valence-corrected chi connectivity index (χ1v) is 9.40. The number of carbonyl (C=O) groups is 1. The Kier molecular flexibility index (Phi) is 6.27. The number of piperidine rings is 1. The lowest BCUT2D eigenvalue weighted by atomic mass is 9.99.